The number of halogens is 1. The molecule has 0 N–H and O–H groups in total. The van der Waals surface area contributed by atoms with Crippen LogP contribution < -0.4 is 4.90 Å². The summed E-state index contributed by atoms with van der Waals surface area (Å²) in [6.07, 6.45) is 0.834. The highest BCUT2D eigenvalue weighted by Crippen LogP contribution is 2.20. The summed E-state index contributed by atoms with van der Waals surface area (Å²) < 4.78 is 13.9. The van der Waals surface area contributed by atoms with E-state index < -0.39 is 0 Å². The SMILES string of the molecule is CC(=O)N(CCCN(C)C)CC(=O)N1CCN(c2ccccc2F)CC1. The maximum Gasteiger partial charge on any atom is 0.242 e. The molecule has 0 bridgehead atoms. The number of carbonyl (C=O) groups is 2. The van der Waals surface area contributed by atoms with Crippen LogP contribution in [0.4, 0.5) is 10.1 Å². The Morgan fingerprint density at radius 3 is 2.31 bits per heavy atom. The van der Waals surface area contributed by atoms with Crippen LogP contribution in [0.1, 0.15) is 13.3 Å². The van der Waals surface area contributed by atoms with Crippen molar-refractivity contribution in [2.24, 2.45) is 0 Å². The van der Waals surface area contributed by atoms with Crippen molar-refractivity contribution < 1.29 is 14.0 Å². The van der Waals surface area contributed by atoms with Gasteiger partial charge in [-0.25, -0.2) is 4.39 Å². The van der Waals surface area contributed by atoms with Crippen LogP contribution in [0.2, 0.25) is 0 Å². The van der Waals surface area contributed by atoms with Crippen molar-refractivity contribution in [3.63, 3.8) is 0 Å². The van der Waals surface area contributed by atoms with E-state index in [0.29, 0.717) is 38.4 Å². The van der Waals surface area contributed by atoms with E-state index in [1.54, 1.807) is 21.9 Å². The van der Waals surface area contributed by atoms with E-state index in [-0.39, 0.29) is 24.2 Å². The topological polar surface area (TPSA) is 47.1 Å². The van der Waals surface area contributed by atoms with Crippen molar-refractivity contribution in [1.82, 2.24) is 14.7 Å². The van der Waals surface area contributed by atoms with Crippen LogP contribution in [0.5, 0.6) is 0 Å². The standard InChI is InChI=1S/C19H29FN4O2/c1-16(25)24(10-6-9-21(2)3)15-19(26)23-13-11-22(12-14-23)18-8-5-4-7-17(18)20/h4-5,7-8H,6,9-15H2,1-3H3. The van der Waals surface area contributed by atoms with Crippen molar-refractivity contribution in [3.05, 3.63) is 30.1 Å². The number of hydrogen-bond donors (Lipinski definition) is 0. The molecule has 0 aromatic heterocycles. The Labute approximate surface area is 155 Å². The number of nitrogens with zero attached hydrogens (tertiary/aromatic N) is 4. The molecule has 1 fully saturated rings. The second kappa shape index (κ2) is 9.52. The zero-order valence-corrected chi connectivity index (χ0v) is 15.9. The minimum atomic E-state index is -0.240. The molecular formula is C19H29FN4O2. The molecule has 26 heavy (non-hydrogen) atoms. The Hall–Kier alpha value is -2.15. The van der Waals surface area contributed by atoms with E-state index in [0.717, 1.165) is 13.0 Å². The number of rotatable bonds is 7. The maximum absolute atomic E-state index is 13.9. The van der Waals surface area contributed by atoms with Crippen LogP contribution in [0.15, 0.2) is 24.3 Å². The van der Waals surface area contributed by atoms with E-state index in [9.17, 15) is 14.0 Å². The minimum absolute atomic E-state index is 0.0433. The molecule has 6 nitrogen and oxygen atoms in total. The molecule has 2 rings (SSSR count). The molecule has 0 unspecified atom stereocenters. The van der Waals surface area contributed by atoms with E-state index in [1.165, 1.54) is 13.0 Å². The fourth-order valence-electron chi connectivity index (χ4n) is 3.09. The van der Waals surface area contributed by atoms with E-state index >= 15 is 0 Å². The summed E-state index contributed by atoms with van der Waals surface area (Å²) in [5, 5.41) is 0. The highest BCUT2D eigenvalue weighted by Gasteiger charge is 2.24. The van der Waals surface area contributed by atoms with Gasteiger partial charge >= 0.3 is 0 Å². The summed E-state index contributed by atoms with van der Waals surface area (Å²) in [6, 6.07) is 6.69. The number of anilines is 1. The highest BCUT2D eigenvalue weighted by molar-refractivity contribution is 5.84. The second-order valence-corrected chi connectivity index (χ2v) is 6.92. The van der Waals surface area contributed by atoms with Gasteiger partial charge in [-0.1, -0.05) is 12.1 Å². The fourth-order valence-corrected chi connectivity index (χ4v) is 3.09. The Balaban J connectivity index is 1.84. The van der Waals surface area contributed by atoms with Gasteiger partial charge in [0, 0.05) is 39.6 Å². The van der Waals surface area contributed by atoms with Crippen LogP contribution in [0, 0.1) is 5.82 Å². The summed E-state index contributed by atoms with van der Waals surface area (Å²) in [5.74, 6) is -0.365. The Bertz CT molecular complexity index is 615. The molecular weight excluding hydrogens is 335 g/mol. The lowest BCUT2D eigenvalue weighted by molar-refractivity contribution is -0.139. The molecule has 144 valence electrons. The lowest BCUT2D eigenvalue weighted by Gasteiger charge is -2.37. The van der Waals surface area contributed by atoms with Crippen molar-refractivity contribution in [2.75, 3.05) is 64.8 Å². The lowest BCUT2D eigenvalue weighted by atomic mass is 10.2. The number of piperazine rings is 1. The predicted octanol–water partition coefficient (Wildman–Crippen LogP) is 1.27. The van der Waals surface area contributed by atoms with Gasteiger partial charge in [0.2, 0.25) is 11.8 Å². The largest absolute Gasteiger partial charge is 0.366 e. The Kier molecular flexibility index (Phi) is 7.38. The molecule has 0 radical (unpaired) electrons. The summed E-state index contributed by atoms with van der Waals surface area (Å²) in [4.78, 5) is 31.7. The molecule has 0 saturated carbocycles. The molecule has 1 aromatic rings. The second-order valence-electron chi connectivity index (χ2n) is 6.92. The van der Waals surface area contributed by atoms with Crippen molar-refractivity contribution >= 4 is 17.5 Å². The van der Waals surface area contributed by atoms with Crippen LogP contribution in [0.3, 0.4) is 0 Å². The number of para-hydroxylation sites is 1. The van der Waals surface area contributed by atoms with Crippen molar-refractivity contribution in [3.8, 4) is 0 Å². The summed E-state index contributed by atoms with van der Waals surface area (Å²) in [7, 11) is 3.97. The fraction of sp³-hybridized carbons (Fsp3) is 0.579. The van der Waals surface area contributed by atoms with Gasteiger partial charge in [-0.3, -0.25) is 9.59 Å². The van der Waals surface area contributed by atoms with E-state index in [4.69, 9.17) is 0 Å². The zero-order chi connectivity index (χ0) is 19.1. The zero-order valence-electron chi connectivity index (χ0n) is 15.9. The van der Waals surface area contributed by atoms with Gasteiger partial charge in [-0.2, -0.15) is 0 Å². The summed E-state index contributed by atoms with van der Waals surface area (Å²) >= 11 is 0. The third-order valence-corrected chi connectivity index (χ3v) is 4.63. The molecule has 0 aliphatic carbocycles. The molecule has 1 aliphatic heterocycles. The maximum atomic E-state index is 13.9. The van der Waals surface area contributed by atoms with Crippen molar-refractivity contribution in [2.45, 2.75) is 13.3 Å². The first-order valence-corrected chi connectivity index (χ1v) is 9.06. The first-order chi connectivity index (χ1) is 12.4. The molecule has 1 heterocycles. The van der Waals surface area contributed by atoms with Gasteiger partial charge in [0.1, 0.15) is 5.82 Å². The van der Waals surface area contributed by atoms with Gasteiger partial charge < -0.3 is 19.6 Å². The number of benzene rings is 1. The van der Waals surface area contributed by atoms with Gasteiger partial charge in [0.25, 0.3) is 0 Å². The number of hydrogen-bond acceptors (Lipinski definition) is 4. The van der Waals surface area contributed by atoms with E-state index in [1.807, 2.05) is 25.1 Å². The van der Waals surface area contributed by atoms with Gasteiger partial charge in [-0.15, -0.1) is 0 Å². The quantitative estimate of drug-likeness (QED) is 0.731. The number of carbonyl (C=O) groups excluding carboxylic acids is 2. The third kappa shape index (κ3) is 5.69. The van der Waals surface area contributed by atoms with Gasteiger partial charge in [0.05, 0.1) is 12.2 Å². The Morgan fingerprint density at radius 2 is 1.73 bits per heavy atom. The monoisotopic (exact) mass is 364 g/mol. The van der Waals surface area contributed by atoms with Crippen LogP contribution in [-0.4, -0.2) is 86.4 Å². The average molecular weight is 364 g/mol. The highest BCUT2D eigenvalue weighted by atomic mass is 19.1. The molecule has 1 aliphatic rings. The molecule has 2 amide bonds. The first-order valence-electron chi connectivity index (χ1n) is 9.06. The lowest BCUT2D eigenvalue weighted by Crippen LogP contribution is -2.52. The summed E-state index contributed by atoms with van der Waals surface area (Å²) in [6.45, 7) is 5.32. The minimum Gasteiger partial charge on any atom is -0.366 e. The van der Waals surface area contributed by atoms with Crippen LogP contribution in [0.25, 0.3) is 0 Å². The van der Waals surface area contributed by atoms with Crippen LogP contribution >= 0.6 is 0 Å². The predicted molar refractivity (Wildman–Crippen MR) is 101 cm³/mol. The van der Waals surface area contributed by atoms with Gasteiger partial charge in [-0.05, 0) is 39.2 Å². The third-order valence-electron chi connectivity index (χ3n) is 4.63. The number of amides is 2. The smallest absolute Gasteiger partial charge is 0.242 e. The molecule has 1 saturated heterocycles. The van der Waals surface area contributed by atoms with Crippen LogP contribution in [-0.2, 0) is 9.59 Å². The Morgan fingerprint density at radius 1 is 1.08 bits per heavy atom. The normalized spacial score (nSPS) is 14.7. The average Bonchev–Trinajstić information content (AvgIpc) is 2.61. The van der Waals surface area contributed by atoms with Crippen molar-refractivity contribution in [1.29, 1.82) is 0 Å². The van der Waals surface area contributed by atoms with Gasteiger partial charge in [0.15, 0.2) is 0 Å². The summed E-state index contributed by atoms with van der Waals surface area (Å²) in [5.41, 5.74) is 0.577. The first kappa shape index (κ1) is 20.2. The molecule has 0 spiro atoms. The molecule has 0 atom stereocenters. The van der Waals surface area contributed by atoms with E-state index in [2.05, 4.69) is 4.90 Å². The molecule has 7 heteroatoms. The molecule has 1 aromatic carbocycles.